The van der Waals surface area contributed by atoms with Gasteiger partial charge in [-0.05, 0) is 37.8 Å². The molecule has 0 aromatic heterocycles. The van der Waals surface area contributed by atoms with Crippen LogP contribution >= 0.6 is 0 Å². The Morgan fingerprint density at radius 3 is 1.92 bits per heavy atom. The van der Waals surface area contributed by atoms with Crippen LogP contribution in [0.1, 0.15) is 109 Å². The Kier molecular flexibility index (Phi) is 18.2. The maximum Gasteiger partial charge on any atom is 0.326 e. The van der Waals surface area contributed by atoms with Crippen LogP contribution in [-0.2, 0) is 20.8 Å². The Labute approximate surface area is 218 Å². The summed E-state index contributed by atoms with van der Waals surface area (Å²) in [6, 6.07) is 7.63. The molecular formula is C29H49N3O4. The number of unbranched alkanes of at least 4 members (excludes halogenated alkanes) is 11. The Morgan fingerprint density at radius 1 is 0.778 bits per heavy atom. The van der Waals surface area contributed by atoms with Gasteiger partial charge in [-0.2, -0.15) is 0 Å². The zero-order chi connectivity index (χ0) is 26.4. The van der Waals surface area contributed by atoms with Crippen molar-refractivity contribution in [2.75, 3.05) is 6.54 Å². The molecule has 204 valence electrons. The number of hydrogen-bond acceptors (Lipinski definition) is 4. The van der Waals surface area contributed by atoms with Crippen LogP contribution in [0.5, 0.6) is 0 Å². The van der Waals surface area contributed by atoms with Crippen LogP contribution in [0.2, 0.25) is 0 Å². The Balaban J connectivity index is 2.46. The van der Waals surface area contributed by atoms with Crippen molar-refractivity contribution < 1.29 is 19.5 Å². The fourth-order valence-corrected chi connectivity index (χ4v) is 4.30. The van der Waals surface area contributed by atoms with Gasteiger partial charge in [0, 0.05) is 12.8 Å². The second kappa shape index (κ2) is 20.7. The molecule has 0 heterocycles. The van der Waals surface area contributed by atoms with Crippen molar-refractivity contribution in [3.05, 3.63) is 35.9 Å². The summed E-state index contributed by atoms with van der Waals surface area (Å²) in [7, 11) is 0. The summed E-state index contributed by atoms with van der Waals surface area (Å²) >= 11 is 0. The Bertz CT molecular complexity index is 726. The van der Waals surface area contributed by atoms with Crippen LogP contribution in [0, 0.1) is 0 Å². The standard InChI is InChI=1S/C29H49N3O4/c1-2-3-4-5-6-7-8-9-10-11-15-21-27(33)31-26(23-24-18-13-12-14-19-24)28(34)32-25(29(35)36)20-16-17-22-30/h12-14,18-19,25-26H,2-11,15-17,20-23,30H2,1H3,(H,31,33)(H,32,34)(H,35,36)/t25-,26-/m0/s1. The van der Waals surface area contributed by atoms with E-state index in [9.17, 15) is 19.5 Å². The molecule has 36 heavy (non-hydrogen) atoms. The first-order valence-electron chi connectivity index (χ1n) is 14.0. The summed E-state index contributed by atoms with van der Waals surface area (Å²) in [5.74, 6) is -1.71. The van der Waals surface area contributed by atoms with E-state index in [1.807, 2.05) is 30.3 Å². The van der Waals surface area contributed by atoms with Crippen LogP contribution in [0.15, 0.2) is 30.3 Å². The van der Waals surface area contributed by atoms with Gasteiger partial charge in [0.25, 0.3) is 0 Å². The molecule has 0 aliphatic rings. The summed E-state index contributed by atoms with van der Waals surface area (Å²) in [5, 5.41) is 15.0. The molecule has 0 radical (unpaired) electrons. The van der Waals surface area contributed by atoms with Crippen LogP contribution in [-0.4, -0.2) is 41.5 Å². The number of carboxylic acid groups (broad SMARTS) is 1. The molecule has 1 rings (SSSR count). The van der Waals surface area contributed by atoms with Crippen LogP contribution < -0.4 is 16.4 Å². The summed E-state index contributed by atoms with van der Waals surface area (Å²) in [4.78, 5) is 37.2. The molecule has 0 saturated carbocycles. The highest BCUT2D eigenvalue weighted by molar-refractivity contribution is 5.90. The van der Waals surface area contributed by atoms with E-state index in [2.05, 4.69) is 17.6 Å². The first-order chi connectivity index (χ1) is 17.5. The van der Waals surface area contributed by atoms with Crippen molar-refractivity contribution in [3.8, 4) is 0 Å². The van der Waals surface area contributed by atoms with Gasteiger partial charge in [0.15, 0.2) is 0 Å². The smallest absolute Gasteiger partial charge is 0.326 e. The van der Waals surface area contributed by atoms with Gasteiger partial charge < -0.3 is 21.5 Å². The topological polar surface area (TPSA) is 122 Å². The molecule has 0 saturated heterocycles. The second-order valence-corrected chi connectivity index (χ2v) is 9.78. The zero-order valence-electron chi connectivity index (χ0n) is 22.3. The highest BCUT2D eigenvalue weighted by Crippen LogP contribution is 2.12. The van der Waals surface area contributed by atoms with Crippen LogP contribution in [0.4, 0.5) is 0 Å². The maximum atomic E-state index is 13.0. The predicted octanol–water partition coefficient (Wildman–Crippen LogP) is 5.11. The fraction of sp³-hybridized carbons (Fsp3) is 0.690. The zero-order valence-corrected chi connectivity index (χ0v) is 22.3. The molecular weight excluding hydrogens is 454 g/mol. The van der Waals surface area contributed by atoms with E-state index in [4.69, 9.17) is 5.73 Å². The lowest BCUT2D eigenvalue weighted by molar-refractivity contribution is -0.142. The summed E-state index contributed by atoms with van der Waals surface area (Å²) in [6.07, 6.45) is 15.6. The highest BCUT2D eigenvalue weighted by atomic mass is 16.4. The summed E-state index contributed by atoms with van der Waals surface area (Å²) < 4.78 is 0. The molecule has 0 unspecified atom stereocenters. The number of nitrogens with one attached hydrogen (secondary N) is 2. The second-order valence-electron chi connectivity index (χ2n) is 9.78. The van der Waals surface area contributed by atoms with Gasteiger partial charge in [0.05, 0.1) is 0 Å². The average Bonchev–Trinajstić information content (AvgIpc) is 2.86. The van der Waals surface area contributed by atoms with Gasteiger partial charge in [0.2, 0.25) is 11.8 Å². The monoisotopic (exact) mass is 503 g/mol. The van der Waals surface area contributed by atoms with Gasteiger partial charge in [-0.15, -0.1) is 0 Å². The number of hydrogen-bond donors (Lipinski definition) is 4. The molecule has 0 bridgehead atoms. The fourth-order valence-electron chi connectivity index (χ4n) is 4.30. The summed E-state index contributed by atoms with van der Waals surface area (Å²) in [5.41, 5.74) is 6.40. The number of carboxylic acids is 1. The quantitative estimate of drug-likeness (QED) is 0.164. The van der Waals surface area contributed by atoms with Gasteiger partial charge in [0.1, 0.15) is 12.1 Å². The third-order valence-electron chi connectivity index (χ3n) is 6.50. The van der Waals surface area contributed by atoms with Gasteiger partial charge in [-0.25, -0.2) is 4.79 Å². The summed E-state index contributed by atoms with van der Waals surface area (Å²) in [6.45, 7) is 2.71. The molecule has 7 heteroatoms. The van der Waals surface area contributed by atoms with Gasteiger partial charge >= 0.3 is 5.97 Å². The first kappa shape index (κ1) is 31.6. The van der Waals surface area contributed by atoms with Crippen molar-refractivity contribution in [2.45, 2.75) is 122 Å². The number of carbonyl (C=O) groups excluding carboxylic acids is 2. The number of rotatable bonds is 22. The maximum absolute atomic E-state index is 13.0. The molecule has 7 nitrogen and oxygen atoms in total. The Morgan fingerprint density at radius 2 is 1.36 bits per heavy atom. The first-order valence-corrected chi connectivity index (χ1v) is 14.0. The number of carbonyl (C=O) groups is 3. The van der Waals surface area contributed by atoms with Crippen molar-refractivity contribution in [3.63, 3.8) is 0 Å². The molecule has 2 atom stereocenters. The van der Waals surface area contributed by atoms with Crippen molar-refractivity contribution in [1.29, 1.82) is 0 Å². The lowest BCUT2D eigenvalue weighted by Gasteiger charge is -2.22. The number of aliphatic carboxylic acids is 1. The lowest BCUT2D eigenvalue weighted by Crippen LogP contribution is -2.52. The lowest BCUT2D eigenvalue weighted by atomic mass is 10.0. The number of amides is 2. The van der Waals surface area contributed by atoms with E-state index >= 15 is 0 Å². The molecule has 0 fully saturated rings. The molecule has 1 aromatic carbocycles. The van der Waals surface area contributed by atoms with E-state index in [-0.39, 0.29) is 5.91 Å². The van der Waals surface area contributed by atoms with E-state index in [0.29, 0.717) is 38.6 Å². The van der Waals surface area contributed by atoms with E-state index in [1.54, 1.807) is 0 Å². The van der Waals surface area contributed by atoms with E-state index in [1.165, 1.54) is 51.4 Å². The SMILES string of the molecule is CCCCCCCCCCCCCC(=O)N[C@@H](Cc1ccccc1)C(=O)N[C@@H](CCCCN)C(=O)O. The van der Waals surface area contributed by atoms with Gasteiger partial charge in [-0.3, -0.25) is 9.59 Å². The minimum Gasteiger partial charge on any atom is -0.480 e. The van der Waals surface area contributed by atoms with E-state index < -0.39 is 24.0 Å². The van der Waals surface area contributed by atoms with Crippen LogP contribution in [0.25, 0.3) is 0 Å². The molecule has 1 aromatic rings. The molecule has 2 amide bonds. The van der Waals surface area contributed by atoms with Gasteiger partial charge in [-0.1, -0.05) is 101 Å². The predicted molar refractivity (Wildman–Crippen MR) is 146 cm³/mol. The third-order valence-corrected chi connectivity index (χ3v) is 6.50. The normalized spacial score (nSPS) is 12.6. The van der Waals surface area contributed by atoms with Crippen molar-refractivity contribution in [2.24, 2.45) is 5.73 Å². The van der Waals surface area contributed by atoms with Crippen molar-refractivity contribution in [1.82, 2.24) is 10.6 Å². The molecule has 0 aliphatic carbocycles. The Hall–Kier alpha value is -2.41. The number of benzene rings is 1. The molecule has 0 aliphatic heterocycles. The third kappa shape index (κ3) is 15.6. The molecule has 0 spiro atoms. The van der Waals surface area contributed by atoms with E-state index in [0.717, 1.165) is 24.8 Å². The molecule has 5 N–H and O–H groups in total. The largest absolute Gasteiger partial charge is 0.480 e. The van der Waals surface area contributed by atoms with Crippen LogP contribution in [0.3, 0.4) is 0 Å². The number of nitrogens with two attached hydrogens (primary N) is 1. The van der Waals surface area contributed by atoms with Crippen molar-refractivity contribution >= 4 is 17.8 Å². The highest BCUT2D eigenvalue weighted by Gasteiger charge is 2.26. The minimum absolute atomic E-state index is 0.169. The minimum atomic E-state index is -1.08. The average molecular weight is 504 g/mol.